The Balaban J connectivity index is 2.25. The minimum Gasteiger partial charge on any atom is -0.370 e. The van der Waals surface area contributed by atoms with Crippen LogP contribution in [0, 0.1) is 13.8 Å². The standard InChI is InChI=1S/C18H20F3N3O2S/c1-11-6-12(2)8-14(7-11)24-17(22)23-10-13-4-5-16(27(3,25)26)15(9-13)18(19,20)21/h4-9H,10H2,1-3H3,(H3,22,23,24). The van der Waals surface area contributed by atoms with Crippen LogP contribution in [-0.2, 0) is 22.6 Å². The summed E-state index contributed by atoms with van der Waals surface area (Å²) in [5.74, 6) is 0.0424. The van der Waals surface area contributed by atoms with Crippen LogP contribution >= 0.6 is 0 Å². The maximum atomic E-state index is 13.2. The summed E-state index contributed by atoms with van der Waals surface area (Å²) >= 11 is 0. The number of sulfone groups is 1. The van der Waals surface area contributed by atoms with Gasteiger partial charge in [0.25, 0.3) is 0 Å². The van der Waals surface area contributed by atoms with E-state index in [1.54, 1.807) is 0 Å². The molecule has 3 N–H and O–H groups in total. The molecule has 9 heteroatoms. The maximum absolute atomic E-state index is 13.2. The lowest BCUT2D eigenvalue weighted by molar-refractivity contribution is -0.139. The van der Waals surface area contributed by atoms with E-state index >= 15 is 0 Å². The fraction of sp³-hybridized carbons (Fsp3) is 0.278. The number of aryl methyl sites for hydroxylation is 2. The van der Waals surface area contributed by atoms with Gasteiger partial charge in [0, 0.05) is 11.9 Å². The van der Waals surface area contributed by atoms with E-state index in [0.717, 1.165) is 35.2 Å². The Labute approximate surface area is 156 Å². The van der Waals surface area contributed by atoms with E-state index < -0.39 is 26.5 Å². The SMILES string of the molecule is Cc1cc(C)cc(NC(N)=NCc2ccc(S(C)(=O)=O)c(C(F)(F)F)c2)c1. The zero-order chi connectivity index (χ0) is 20.4. The van der Waals surface area contributed by atoms with Crippen LogP contribution in [-0.4, -0.2) is 20.6 Å². The fourth-order valence-electron chi connectivity index (χ4n) is 2.63. The second-order valence-electron chi connectivity index (χ2n) is 6.30. The molecule has 27 heavy (non-hydrogen) atoms. The van der Waals surface area contributed by atoms with Crippen molar-refractivity contribution >= 4 is 21.5 Å². The summed E-state index contributed by atoms with van der Waals surface area (Å²) in [6.45, 7) is 3.72. The number of nitrogens with one attached hydrogen (secondary N) is 1. The molecule has 0 bridgehead atoms. The van der Waals surface area contributed by atoms with E-state index in [9.17, 15) is 21.6 Å². The number of nitrogens with zero attached hydrogens (tertiary/aromatic N) is 1. The fourth-order valence-corrected chi connectivity index (χ4v) is 3.52. The summed E-state index contributed by atoms with van der Waals surface area (Å²) in [5.41, 5.74) is 7.55. The number of nitrogens with two attached hydrogens (primary N) is 1. The van der Waals surface area contributed by atoms with Gasteiger partial charge in [0.05, 0.1) is 17.0 Å². The summed E-state index contributed by atoms with van der Waals surface area (Å²) in [5, 5.41) is 2.88. The van der Waals surface area contributed by atoms with Crippen molar-refractivity contribution in [2.24, 2.45) is 10.7 Å². The Morgan fingerprint density at radius 1 is 1.11 bits per heavy atom. The first-order chi connectivity index (χ1) is 12.4. The number of hydrogen-bond acceptors (Lipinski definition) is 3. The Morgan fingerprint density at radius 3 is 2.22 bits per heavy atom. The van der Waals surface area contributed by atoms with E-state index in [0.29, 0.717) is 0 Å². The van der Waals surface area contributed by atoms with Gasteiger partial charge >= 0.3 is 6.18 Å². The van der Waals surface area contributed by atoms with Gasteiger partial charge in [0.2, 0.25) is 0 Å². The van der Waals surface area contributed by atoms with Gasteiger partial charge in [0.15, 0.2) is 15.8 Å². The summed E-state index contributed by atoms with van der Waals surface area (Å²) in [4.78, 5) is 3.27. The van der Waals surface area contributed by atoms with Gasteiger partial charge in [0.1, 0.15) is 0 Å². The number of benzene rings is 2. The number of alkyl halides is 3. The van der Waals surface area contributed by atoms with E-state index in [-0.39, 0.29) is 18.1 Å². The van der Waals surface area contributed by atoms with Gasteiger partial charge < -0.3 is 11.1 Å². The molecule has 0 aliphatic heterocycles. The van der Waals surface area contributed by atoms with Crippen molar-refractivity contribution in [3.05, 3.63) is 58.7 Å². The second-order valence-corrected chi connectivity index (χ2v) is 8.29. The van der Waals surface area contributed by atoms with E-state index in [1.807, 2.05) is 32.0 Å². The van der Waals surface area contributed by atoms with Crippen molar-refractivity contribution in [1.82, 2.24) is 0 Å². The lowest BCUT2D eigenvalue weighted by Crippen LogP contribution is -2.22. The van der Waals surface area contributed by atoms with Crippen LogP contribution in [0.15, 0.2) is 46.3 Å². The molecular weight excluding hydrogens is 379 g/mol. The molecule has 0 fully saturated rings. The topological polar surface area (TPSA) is 84.5 Å². The zero-order valence-corrected chi connectivity index (χ0v) is 15.9. The Morgan fingerprint density at radius 2 is 1.70 bits per heavy atom. The Hall–Kier alpha value is -2.55. The van der Waals surface area contributed by atoms with Crippen molar-refractivity contribution < 1.29 is 21.6 Å². The van der Waals surface area contributed by atoms with Crippen LogP contribution in [0.4, 0.5) is 18.9 Å². The lowest BCUT2D eigenvalue weighted by atomic mass is 10.1. The highest BCUT2D eigenvalue weighted by molar-refractivity contribution is 7.90. The highest BCUT2D eigenvalue weighted by atomic mass is 32.2. The summed E-state index contributed by atoms with van der Waals surface area (Å²) in [6, 6.07) is 8.72. The number of anilines is 1. The molecule has 146 valence electrons. The zero-order valence-electron chi connectivity index (χ0n) is 15.1. The first-order valence-corrected chi connectivity index (χ1v) is 9.81. The van der Waals surface area contributed by atoms with Gasteiger partial charge in [-0.3, -0.25) is 0 Å². The molecule has 0 aliphatic carbocycles. The smallest absolute Gasteiger partial charge is 0.370 e. The molecular formula is C18H20F3N3O2S. The minimum atomic E-state index is -4.79. The molecule has 0 radical (unpaired) electrons. The molecule has 2 aromatic rings. The van der Waals surface area contributed by atoms with Crippen molar-refractivity contribution in [3.8, 4) is 0 Å². The largest absolute Gasteiger partial charge is 0.417 e. The predicted molar refractivity (Wildman–Crippen MR) is 99.4 cm³/mol. The summed E-state index contributed by atoms with van der Waals surface area (Å²) in [6.07, 6.45) is -4.05. The molecule has 0 heterocycles. The van der Waals surface area contributed by atoms with Crippen molar-refractivity contribution in [2.45, 2.75) is 31.5 Å². The van der Waals surface area contributed by atoms with Crippen LogP contribution in [0.25, 0.3) is 0 Å². The van der Waals surface area contributed by atoms with Gasteiger partial charge in [-0.25, -0.2) is 13.4 Å². The van der Waals surface area contributed by atoms with Crippen LogP contribution in [0.5, 0.6) is 0 Å². The molecule has 0 amide bonds. The minimum absolute atomic E-state index is 0.0424. The van der Waals surface area contributed by atoms with Gasteiger partial charge in [-0.2, -0.15) is 13.2 Å². The molecule has 2 aromatic carbocycles. The molecule has 0 atom stereocenters. The third-order valence-electron chi connectivity index (χ3n) is 3.67. The van der Waals surface area contributed by atoms with E-state index in [1.165, 1.54) is 6.07 Å². The maximum Gasteiger partial charge on any atom is 0.417 e. The van der Waals surface area contributed by atoms with Crippen molar-refractivity contribution in [3.63, 3.8) is 0 Å². The monoisotopic (exact) mass is 399 g/mol. The third-order valence-corrected chi connectivity index (χ3v) is 4.83. The quantitative estimate of drug-likeness (QED) is 0.607. The first-order valence-electron chi connectivity index (χ1n) is 7.91. The molecule has 0 aliphatic rings. The second kappa shape index (κ2) is 7.59. The Bertz CT molecular complexity index is 964. The summed E-state index contributed by atoms with van der Waals surface area (Å²) < 4.78 is 62.7. The normalized spacial score (nSPS) is 12.9. The van der Waals surface area contributed by atoms with Crippen LogP contribution in [0.1, 0.15) is 22.3 Å². The number of aliphatic imine (C=N–C) groups is 1. The average Bonchev–Trinajstić information content (AvgIpc) is 2.50. The van der Waals surface area contributed by atoms with E-state index in [4.69, 9.17) is 5.73 Å². The third kappa shape index (κ3) is 5.72. The highest BCUT2D eigenvalue weighted by Gasteiger charge is 2.36. The molecule has 0 saturated carbocycles. The highest BCUT2D eigenvalue weighted by Crippen LogP contribution is 2.35. The molecule has 2 rings (SSSR count). The van der Waals surface area contributed by atoms with Crippen molar-refractivity contribution in [1.29, 1.82) is 0 Å². The van der Waals surface area contributed by atoms with Gasteiger partial charge in [-0.15, -0.1) is 0 Å². The first kappa shape index (κ1) is 20.8. The van der Waals surface area contributed by atoms with E-state index in [2.05, 4.69) is 10.3 Å². The number of guanidine groups is 1. The van der Waals surface area contributed by atoms with Crippen LogP contribution < -0.4 is 11.1 Å². The summed E-state index contributed by atoms with van der Waals surface area (Å²) in [7, 11) is -4.01. The average molecular weight is 399 g/mol. The van der Waals surface area contributed by atoms with Gasteiger partial charge in [-0.1, -0.05) is 12.1 Å². The molecule has 5 nitrogen and oxygen atoms in total. The lowest BCUT2D eigenvalue weighted by Gasteiger charge is -2.13. The van der Waals surface area contributed by atoms with Crippen molar-refractivity contribution in [2.75, 3.05) is 11.6 Å². The molecule has 0 aromatic heterocycles. The van der Waals surface area contributed by atoms with Gasteiger partial charge in [-0.05, 0) is 54.8 Å². The number of halogens is 3. The molecule has 0 saturated heterocycles. The number of rotatable bonds is 4. The molecule has 0 unspecified atom stereocenters. The predicted octanol–water partition coefficient (Wildman–Crippen LogP) is 3.65. The number of hydrogen-bond donors (Lipinski definition) is 2. The Kier molecular flexibility index (Phi) is 5.84. The molecule has 0 spiro atoms. The van der Waals surface area contributed by atoms with Crippen LogP contribution in [0.3, 0.4) is 0 Å². The van der Waals surface area contributed by atoms with Crippen LogP contribution in [0.2, 0.25) is 0 Å².